The number of allylic oxidation sites excluding steroid dienone is 2. The Hall–Kier alpha value is -2.80. The zero-order valence-electron chi connectivity index (χ0n) is 14.8. The summed E-state index contributed by atoms with van der Waals surface area (Å²) in [5.74, 6) is 1.71. The molecule has 27 heavy (non-hydrogen) atoms. The smallest absolute Gasteiger partial charge is 0.227 e. The van der Waals surface area contributed by atoms with Crippen LogP contribution in [0.15, 0.2) is 69.6 Å². The number of ketones is 1. The van der Waals surface area contributed by atoms with Gasteiger partial charge >= 0.3 is 0 Å². The number of thioether (sulfide) groups is 1. The molecule has 3 heterocycles. The Kier molecular flexibility index (Phi) is 3.89. The molecule has 1 N–H and O–H groups in total. The highest BCUT2D eigenvalue weighted by molar-refractivity contribution is 7.98. The van der Waals surface area contributed by atoms with Gasteiger partial charge in [-0.2, -0.15) is 4.98 Å². The first-order valence-electron chi connectivity index (χ1n) is 8.86. The number of fused-ring (bicyclic) bond motifs is 1. The largest absolute Gasteiger partial charge is 0.469 e. The van der Waals surface area contributed by atoms with Gasteiger partial charge in [0.15, 0.2) is 5.78 Å². The van der Waals surface area contributed by atoms with Crippen molar-refractivity contribution in [3.8, 4) is 0 Å². The van der Waals surface area contributed by atoms with E-state index in [1.165, 1.54) is 11.8 Å². The summed E-state index contributed by atoms with van der Waals surface area (Å²) in [6.45, 7) is 0. The molecule has 0 spiro atoms. The predicted molar refractivity (Wildman–Crippen MR) is 103 cm³/mol. The van der Waals surface area contributed by atoms with Crippen molar-refractivity contribution in [2.24, 2.45) is 0 Å². The van der Waals surface area contributed by atoms with Gasteiger partial charge in [0.05, 0.1) is 6.26 Å². The van der Waals surface area contributed by atoms with Crippen LogP contribution >= 0.6 is 11.8 Å². The molecule has 1 aliphatic heterocycles. The van der Waals surface area contributed by atoms with E-state index in [2.05, 4.69) is 15.4 Å². The predicted octanol–water partition coefficient (Wildman–Crippen LogP) is 4.01. The third-order valence-corrected chi connectivity index (χ3v) is 5.68. The van der Waals surface area contributed by atoms with E-state index in [-0.39, 0.29) is 17.7 Å². The number of benzene rings is 1. The van der Waals surface area contributed by atoms with Crippen LogP contribution in [-0.2, 0) is 4.79 Å². The van der Waals surface area contributed by atoms with Crippen LogP contribution in [0.2, 0.25) is 0 Å². The van der Waals surface area contributed by atoms with E-state index in [0.29, 0.717) is 17.5 Å². The second-order valence-corrected chi connectivity index (χ2v) is 7.51. The molecule has 136 valence electrons. The van der Waals surface area contributed by atoms with Crippen molar-refractivity contribution in [1.29, 1.82) is 0 Å². The average Bonchev–Trinajstić information content (AvgIpc) is 3.36. The summed E-state index contributed by atoms with van der Waals surface area (Å²) in [6.07, 6.45) is 4.77. The van der Waals surface area contributed by atoms with Gasteiger partial charge in [0.2, 0.25) is 11.1 Å². The van der Waals surface area contributed by atoms with Gasteiger partial charge in [-0.05, 0) is 30.4 Å². The monoisotopic (exact) mass is 378 g/mol. The molecule has 0 amide bonds. The van der Waals surface area contributed by atoms with Crippen molar-refractivity contribution < 1.29 is 9.21 Å². The quantitative estimate of drug-likeness (QED) is 0.694. The van der Waals surface area contributed by atoms with Gasteiger partial charge in [-0.25, -0.2) is 4.68 Å². The maximum Gasteiger partial charge on any atom is 0.227 e. The third-order valence-electron chi connectivity index (χ3n) is 5.14. The maximum atomic E-state index is 13.2. The molecule has 0 unspecified atom stereocenters. The van der Waals surface area contributed by atoms with Crippen LogP contribution in [0.4, 0.5) is 5.95 Å². The maximum absolute atomic E-state index is 13.2. The number of rotatable bonds is 3. The molecule has 0 radical (unpaired) electrons. The summed E-state index contributed by atoms with van der Waals surface area (Å²) in [7, 11) is 0. The Morgan fingerprint density at radius 1 is 1.19 bits per heavy atom. The molecule has 0 bridgehead atoms. The van der Waals surface area contributed by atoms with Gasteiger partial charge in [0.1, 0.15) is 11.8 Å². The Morgan fingerprint density at radius 3 is 2.78 bits per heavy atom. The van der Waals surface area contributed by atoms with Gasteiger partial charge in [-0.15, -0.1) is 5.10 Å². The van der Waals surface area contributed by atoms with Crippen molar-refractivity contribution in [2.45, 2.75) is 30.0 Å². The van der Waals surface area contributed by atoms with E-state index >= 15 is 0 Å². The van der Waals surface area contributed by atoms with Crippen LogP contribution in [0, 0.1) is 0 Å². The minimum absolute atomic E-state index is 0.0460. The van der Waals surface area contributed by atoms with Crippen molar-refractivity contribution in [2.75, 3.05) is 11.6 Å². The SMILES string of the molecule is CSc1nc2n(n1)[C@H](c1ccccc1)C1=C(C[C@H](c3ccco3)CC1=O)N2. The summed E-state index contributed by atoms with van der Waals surface area (Å²) in [5, 5.41) is 8.68. The van der Waals surface area contributed by atoms with Crippen molar-refractivity contribution in [1.82, 2.24) is 14.8 Å². The van der Waals surface area contributed by atoms with E-state index in [4.69, 9.17) is 4.42 Å². The fourth-order valence-electron chi connectivity index (χ4n) is 3.95. The van der Waals surface area contributed by atoms with Gasteiger partial charge in [0, 0.05) is 23.6 Å². The Labute approximate surface area is 160 Å². The van der Waals surface area contributed by atoms with Gasteiger partial charge in [-0.3, -0.25) is 4.79 Å². The van der Waals surface area contributed by atoms with E-state index in [1.54, 1.807) is 6.26 Å². The first kappa shape index (κ1) is 16.4. The normalized spacial score (nSPS) is 21.6. The summed E-state index contributed by atoms with van der Waals surface area (Å²) < 4.78 is 7.40. The summed E-state index contributed by atoms with van der Waals surface area (Å²) in [4.78, 5) is 17.8. The van der Waals surface area contributed by atoms with Crippen LogP contribution in [0.25, 0.3) is 0 Å². The standard InChI is InChI=1S/C20H18N4O2S/c1-27-20-22-19-21-14-10-13(16-8-5-9-26-16)11-15(25)17(14)18(24(19)23-20)12-6-3-2-4-7-12/h2-9,13,18H,10-11H2,1H3,(H,21,22,23)/t13-,18+/m0/s1. The lowest BCUT2D eigenvalue weighted by molar-refractivity contribution is -0.117. The molecule has 5 rings (SSSR count). The number of carbonyl (C=O) groups excluding carboxylic acids is 1. The number of hydrogen-bond donors (Lipinski definition) is 1. The third kappa shape index (κ3) is 2.70. The molecule has 0 saturated heterocycles. The van der Waals surface area contributed by atoms with Gasteiger partial charge in [-0.1, -0.05) is 42.1 Å². The van der Waals surface area contributed by atoms with Crippen LogP contribution in [0.1, 0.15) is 36.1 Å². The number of nitrogens with zero attached hydrogens (tertiary/aromatic N) is 3. The summed E-state index contributed by atoms with van der Waals surface area (Å²) in [6, 6.07) is 13.6. The molecule has 2 aromatic heterocycles. The molecule has 0 saturated carbocycles. The average molecular weight is 378 g/mol. The first-order chi connectivity index (χ1) is 13.2. The van der Waals surface area contributed by atoms with E-state index in [1.807, 2.05) is 53.4 Å². The summed E-state index contributed by atoms with van der Waals surface area (Å²) in [5.41, 5.74) is 2.75. The zero-order valence-corrected chi connectivity index (χ0v) is 15.6. The highest BCUT2D eigenvalue weighted by Crippen LogP contribution is 2.44. The molecule has 6 nitrogen and oxygen atoms in total. The molecule has 3 aromatic rings. The molecule has 1 aromatic carbocycles. The van der Waals surface area contributed by atoms with E-state index in [9.17, 15) is 4.79 Å². The second-order valence-electron chi connectivity index (χ2n) is 6.74. The number of anilines is 1. The first-order valence-corrected chi connectivity index (χ1v) is 10.1. The number of furan rings is 1. The Morgan fingerprint density at radius 2 is 2.04 bits per heavy atom. The Bertz CT molecular complexity index is 1020. The number of hydrogen-bond acceptors (Lipinski definition) is 6. The van der Waals surface area contributed by atoms with Crippen molar-refractivity contribution >= 4 is 23.5 Å². The number of nitrogens with one attached hydrogen (secondary N) is 1. The van der Waals surface area contributed by atoms with Crippen LogP contribution in [-0.4, -0.2) is 26.8 Å². The highest BCUT2D eigenvalue weighted by Gasteiger charge is 2.40. The van der Waals surface area contributed by atoms with Crippen molar-refractivity contribution in [3.63, 3.8) is 0 Å². The zero-order chi connectivity index (χ0) is 18.4. The van der Waals surface area contributed by atoms with Gasteiger partial charge in [0.25, 0.3) is 0 Å². The highest BCUT2D eigenvalue weighted by atomic mass is 32.2. The van der Waals surface area contributed by atoms with Crippen LogP contribution in [0.3, 0.4) is 0 Å². The van der Waals surface area contributed by atoms with E-state index in [0.717, 1.165) is 29.0 Å². The Balaban J connectivity index is 1.63. The van der Waals surface area contributed by atoms with Gasteiger partial charge < -0.3 is 9.73 Å². The fourth-order valence-corrected chi connectivity index (χ4v) is 4.29. The molecule has 2 atom stereocenters. The lowest BCUT2D eigenvalue weighted by atomic mass is 9.79. The lowest BCUT2D eigenvalue weighted by Gasteiger charge is -2.34. The fraction of sp³-hybridized carbons (Fsp3) is 0.250. The minimum Gasteiger partial charge on any atom is -0.469 e. The second kappa shape index (κ2) is 6.42. The van der Waals surface area contributed by atoms with E-state index < -0.39 is 0 Å². The molecule has 2 aliphatic rings. The molecular formula is C20H18N4O2S. The number of aromatic nitrogens is 3. The van der Waals surface area contributed by atoms with Crippen LogP contribution in [0.5, 0.6) is 0 Å². The number of carbonyl (C=O) groups is 1. The minimum atomic E-state index is -0.254. The lowest BCUT2D eigenvalue weighted by Crippen LogP contribution is -2.33. The molecule has 1 aliphatic carbocycles. The van der Waals surface area contributed by atoms with Crippen molar-refractivity contribution in [3.05, 3.63) is 71.3 Å². The number of Topliss-reactive ketones (excluding diaryl/α,β-unsaturated/α-hetero) is 1. The molecular weight excluding hydrogens is 360 g/mol. The molecule has 7 heteroatoms. The molecule has 0 fully saturated rings. The summed E-state index contributed by atoms with van der Waals surface area (Å²) >= 11 is 1.49. The van der Waals surface area contributed by atoms with Crippen LogP contribution < -0.4 is 5.32 Å². The topological polar surface area (TPSA) is 73.0 Å².